The Balaban J connectivity index is 2.03. The van der Waals surface area contributed by atoms with Crippen molar-refractivity contribution in [2.45, 2.75) is 25.9 Å². The van der Waals surface area contributed by atoms with Crippen LogP contribution in [0, 0.1) is 5.92 Å². The molecule has 0 bridgehead atoms. The Hall–Kier alpha value is -1.40. The zero-order valence-corrected chi connectivity index (χ0v) is 14.1. The number of nitrogens with zero attached hydrogens (tertiary/aromatic N) is 1. The molecule has 1 N–H and O–H groups in total. The fourth-order valence-electron chi connectivity index (χ4n) is 2.61. The Kier molecular flexibility index (Phi) is 5.97. The Bertz CT molecular complexity index is 549. The summed E-state index contributed by atoms with van der Waals surface area (Å²) in [5.41, 5.74) is 1.10. The van der Waals surface area contributed by atoms with Gasteiger partial charge >= 0.3 is 5.97 Å². The van der Waals surface area contributed by atoms with Gasteiger partial charge in [0.15, 0.2) is 6.10 Å². The lowest BCUT2D eigenvalue weighted by Crippen LogP contribution is -2.50. The van der Waals surface area contributed by atoms with Crippen molar-refractivity contribution in [1.29, 1.82) is 0 Å². The molecule has 0 unspecified atom stereocenters. The lowest BCUT2D eigenvalue weighted by Gasteiger charge is -2.33. The molecule has 1 aromatic carbocycles. The van der Waals surface area contributed by atoms with Crippen molar-refractivity contribution >= 4 is 27.8 Å². The molecule has 120 valence electrons. The maximum absolute atomic E-state index is 12.7. The van der Waals surface area contributed by atoms with Crippen LogP contribution in [-0.4, -0.2) is 47.7 Å². The van der Waals surface area contributed by atoms with Crippen molar-refractivity contribution in [2.75, 3.05) is 19.7 Å². The molecule has 0 aliphatic carbocycles. The molecular formula is C16H20BrNO4. The van der Waals surface area contributed by atoms with Gasteiger partial charge in [-0.05, 0) is 30.5 Å². The molecular weight excluding hydrogens is 350 g/mol. The van der Waals surface area contributed by atoms with Gasteiger partial charge in [-0.3, -0.25) is 4.79 Å². The smallest absolute Gasteiger partial charge is 0.334 e. The zero-order valence-electron chi connectivity index (χ0n) is 12.5. The van der Waals surface area contributed by atoms with Gasteiger partial charge in [0.25, 0.3) is 0 Å². The molecule has 22 heavy (non-hydrogen) atoms. The molecule has 2 atom stereocenters. The minimum absolute atomic E-state index is 0.0111. The summed E-state index contributed by atoms with van der Waals surface area (Å²) in [7, 11) is 0. The first-order valence-electron chi connectivity index (χ1n) is 7.39. The van der Waals surface area contributed by atoms with Crippen LogP contribution in [0.25, 0.3) is 0 Å². The maximum atomic E-state index is 12.7. The Morgan fingerprint density at radius 3 is 2.91 bits per heavy atom. The van der Waals surface area contributed by atoms with Crippen molar-refractivity contribution in [3.05, 3.63) is 34.3 Å². The number of hydrogen-bond donors (Lipinski definition) is 1. The Morgan fingerprint density at radius 2 is 2.27 bits per heavy atom. The molecule has 1 heterocycles. The van der Waals surface area contributed by atoms with Gasteiger partial charge in [-0.1, -0.05) is 35.0 Å². The van der Waals surface area contributed by atoms with Gasteiger partial charge in [-0.15, -0.1) is 0 Å². The van der Waals surface area contributed by atoms with E-state index in [1.54, 1.807) is 4.90 Å². The summed E-state index contributed by atoms with van der Waals surface area (Å²) < 4.78 is 6.16. The molecule has 0 spiro atoms. The average Bonchev–Trinajstić information content (AvgIpc) is 2.52. The van der Waals surface area contributed by atoms with Crippen molar-refractivity contribution in [1.82, 2.24) is 4.90 Å². The zero-order chi connectivity index (χ0) is 16.1. The summed E-state index contributed by atoms with van der Waals surface area (Å²) >= 11 is 3.43. The highest BCUT2D eigenvalue weighted by atomic mass is 79.9. The first-order valence-corrected chi connectivity index (χ1v) is 8.18. The number of halogens is 1. The number of rotatable bonds is 5. The van der Waals surface area contributed by atoms with Gasteiger partial charge in [0.2, 0.25) is 5.91 Å². The number of carboxylic acids is 1. The number of carbonyl (C=O) groups is 2. The molecule has 1 aliphatic rings. The third-order valence-electron chi connectivity index (χ3n) is 3.87. The Labute approximate surface area is 138 Å². The predicted octanol–water partition coefficient (Wildman–Crippen LogP) is 2.33. The molecule has 1 aromatic rings. The molecule has 5 nitrogen and oxygen atoms in total. The number of ether oxygens (including phenoxy) is 1. The summed E-state index contributed by atoms with van der Waals surface area (Å²) in [6, 6.07) is 7.91. The third kappa shape index (κ3) is 4.30. The lowest BCUT2D eigenvalue weighted by molar-refractivity contribution is -0.160. The molecule has 1 saturated heterocycles. The number of benzene rings is 1. The van der Waals surface area contributed by atoms with Gasteiger partial charge < -0.3 is 14.7 Å². The monoisotopic (exact) mass is 369 g/mol. The quantitative estimate of drug-likeness (QED) is 0.864. The van der Waals surface area contributed by atoms with Crippen LogP contribution in [-0.2, 0) is 20.7 Å². The normalized spacial score (nSPS) is 19.7. The van der Waals surface area contributed by atoms with Gasteiger partial charge in [0, 0.05) is 16.9 Å². The topological polar surface area (TPSA) is 66.8 Å². The second kappa shape index (κ2) is 7.74. The molecule has 1 aliphatic heterocycles. The average molecular weight is 370 g/mol. The minimum atomic E-state index is -1.02. The highest BCUT2D eigenvalue weighted by molar-refractivity contribution is 9.10. The minimum Gasteiger partial charge on any atom is -0.479 e. The molecule has 1 amide bonds. The van der Waals surface area contributed by atoms with E-state index in [0.717, 1.165) is 16.5 Å². The van der Waals surface area contributed by atoms with Crippen LogP contribution < -0.4 is 0 Å². The van der Waals surface area contributed by atoms with E-state index in [0.29, 0.717) is 13.0 Å². The predicted molar refractivity (Wildman–Crippen MR) is 85.6 cm³/mol. The second-order valence-corrected chi connectivity index (χ2v) is 6.34. The van der Waals surface area contributed by atoms with Gasteiger partial charge in [-0.2, -0.15) is 0 Å². The maximum Gasteiger partial charge on any atom is 0.334 e. The van der Waals surface area contributed by atoms with Crippen LogP contribution in [0.4, 0.5) is 0 Å². The first kappa shape index (κ1) is 17.0. The van der Waals surface area contributed by atoms with E-state index in [1.165, 1.54) is 0 Å². The lowest BCUT2D eigenvalue weighted by atomic mass is 9.95. The van der Waals surface area contributed by atoms with Crippen molar-refractivity contribution in [3.63, 3.8) is 0 Å². The Morgan fingerprint density at radius 1 is 1.50 bits per heavy atom. The number of amides is 1. The van der Waals surface area contributed by atoms with Crippen LogP contribution in [0.3, 0.4) is 0 Å². The van der Waals surface area contributed by atoms with Gasteiger partial charge in [-0.25, -0.2) is 4.79 Å². The summed E-state index contributed by atoms with van der Waals surface area (Å²) in [5, 5.41) is 9.03. The summed E-state index contributed by atoms with van der Waals surface area (Å²) in [6.07, 6.45) is 0.464. The van der Waals surface area contributed by atoms with Crippen molar-refractivity contribution < 1.29 is 19.4 Å². The number of aliphatic carboxylic acids is 1. The highest BCUT2D eigenvalue weighted by Gasteiger charge is 2.31. The molecule has 2 rings (SSSR count). The van der Waals surface area contributed by atoms with Crippen LogP contribution in [0.5, 0.6) is 0 Å². The van der Waals surface area contributed by atoms with Crippen LogP contribution in [0.2, 0.25) is 0 Å². The molecule has 6 heteroatoms. The fraction of sp³-hybridized carbons (Fsp3) is 0.500. The fourth-order valence-corrected chi connectivity index (χ4v) is 3.06. The molecule has 0 aromatic heterocycles. The molecule has 0 radical (unpaired) electrons. The van der Waals surface area contributed by atoms with E-state index in [2.05, 4.69) is 15.9 Å². The van der Waals surface area contributed by atoms with Crippen molar-refractivity contribution in [3.8, 4) is 0 Å². The van der Waals surface area contributed by atoms with E-state index in [-0.39, 0.29) is 25.0 Å². The summed E-state index contributed by atoms with van der Waals surface area (Å²) in [4.78, 5) is 25.3. The second-order valence-electron chi connectivity index (χ2n) is 5.42. The number of carboxylic acid groups (broad SMARTS) is 1. The largest absolute Gasteiger partial charge is 0.479 e. The number of hydrogen-bond acceptors (Lipinski definition) is 3. The SMILES string of the molecule is CC[C@@H](Cc1cccc(Br)c1)C(=O)N1CCO[C@H](C(=O)O)C1. The molecule has 1 fully saturated rings. The highest BCUT2D eigenvalue weighted by Crippen LogP contribution is 2.20. The summed E-state index contributed by atoms with van der Waals surface area (Å²) in [6.45, 7) is 2.84. The molecule has 0 saturated carbocycles. The van der Waals surface area contributed by atoms with E-state index >= 15 is 0 Å². The summed E-state index contributed by atoms with van der Waals surface area (Å²) in [5.74, 6) is -1.14. The van der Waals surface area contributed by atoms with E-state index in [1.807, 2.05) is 31.2 Å². The standard InChI is InChI=1S/C16H20BrNO4/c1-2-12(8-11-4-3-5-13(17)9-11)15(19)18-6-7-22-14(10-18)16(20)21/h3-5,9,12,14H,2,6-8,10H2,1H3,(H,20,21)/t12-,14-/m0/s1. The van der Waals surface area contributed by atoms with Crippen LogP contribution in [0.15, 0.2) is 28.7 Å². The first-order chi connectivity index (χ1) is 10.5. The van der Waals surface area contributed by atoms with Gasteiger partial charge in [0.1, 0.15) is 0 Å². The van der Waals surface area contributed by atoms with E-state index < -0.39 is 12.1 Å². The van der Waals surface area contributed by atoms with Crippen LogP contribution in [0.1, 0.15) is 18.9 Å². The third-order valence-corrected chi connectivity index (χ3v) is 4.36. The number of carbonyl (C=O) groups excluding carboxylic acids is 1. The van der Waals surface area contributed by atoms with E-state index in [4.69, 9.17) is 9.84 Å². The van der Waals surface area contributed by atoms with Crippen LogP contribution >= 0.6 is 15.9 Å². The van der Waals surface area contributed by atoms with Crippen molar-refractivity contribution in [2.24, 2.45) is 5.92 Å². The number of morpholine rings is 1. The van der Waals surface area contributed by atoms with Gasteiger partial charge in [0.05, 0.1) is 13.2 Å². The van der Waals surface area contributed by atoms with E-state index in [9.17, 15) is 9.59 Å².